The van der Waals surface area contributed by atoms with Gasteiger partial charge in [-0.25, -0.2) is 0 Å². The number of carbonyl (C=O) groups excluding carboxylic acids is 1. The molecule has 0 radical (unpaired) electrons. The maximum absolute atomic E-state index is 11.8. The molecule has 1 amide bonds. The third kappa shape index (κ3) is 5.85. The van der Waals surface area contributed by atoms with Gasteiger partial charge >= 0.3 is 6.18 Å². The van der Waals surface area contributed by atoms with E-state index in [2.05, 4.69) is 5.16 Å². The van der Waals surface area contributed by atoms with Crippen LogP contribution in [0.15, 0.2) is 5.16 Å². The van der Waals surface area contributed by atoms with E-state index < -0.39 is 18.6 Å². The van der Waals surface area contributed by atoms with Gasteiger partial charge in [0.1, 0.15) is 13.2 Å². The van der Waals surface area contributed by atoms with Crippen molar-refractivity contribution in [2.75, 3.05) is 13.2 Å². The van der Waals surface area contributed by atoms with Crippen LogP contribution in [0, 0.1) is 0 Å². The fourth-order valence-corrected chi connectivity index (χ4v) is 1.63. The fourth-order valence-electron chi connectivity index (χ4n) is 1.63. The van der Waals surface area contributed by atoms with Crippen LogP contribution in [-0.4, -0.2) is 42.3 Å². The van der Waals surface area contributed by atoms with Crippen LogP contribution in [0.3, 0.4) is 0 Å². The van der Waals surface area contributed by atoms with E-state index in [1.165, 1.54) is 0 Å². The van der Waals surface area contributed by atoms with Crippen LogP contribution in [0.25, 0.3) is 0 Å². The number of hydrogen-bond acceptors (Lipinski definition) is 4. The highest BCUT2D eigenvalue weighted by atomic mass is 19.4. The van der Waals surface area contributed by atoms with E-state index in [1.807, 2.05) is 0 Å². The van der Waals surface area contributed by atoms with Crippen molar-refractivity contribution in [3.05, 3.63) is 0 Å². The number of amides is 1. The molecule has 0 saturated heterocycles. The summed E-state index contributed by atoms with van der Waals surface area (Å²) < 4.78 is 40.6. The summed E-state index contributed by atoms with van der Waals surface area (Å²) in [6.45, 7) is -1.73. The highest BCUT2D eigenvalue weighted by molar-refractivity contribution is 5.84. The molecule has 0 aromatic carbocycles. The topological polar surface area (TPSA) is 70.9 Å². The van der Waals surface area contributed by atoms with Crippen LogP contribution in [0.5, 0.6) is 0 Å². The molecule has 1 aliphatic carbocycles. The monoisotopic (exact) mass is 268 g/mol. The number of alkyl halides is 3. The van der Waals surface area contributed by atoms with E-state index in [0.29, 0.717) is 31.4 Å². The van der Waals surface area contributed by atoms with Crippen molar-refractivity contribution in [1.29, 1.82) is 0 Å². The highest BCUT2D eigenvalue weighted by Crippen LogP contribution is 2.18. The van der Waals surface area contributed by atoms with Gasteiger partial charge < -0.3 is 15.3 Å². The minimum atomic E-state index is -4.41. The zero-order valence-corrected chi connectivity index (χ0v) is 9.66. The predicted molar refractivity (Wildman–Crippen MR) is 56.5 cm³/mol. The molecule has 104 valence electrons. The van der Waals surface area contributed by atoms with E-state index in [1.54, 1.807) is 5.32 Å². The Balaban J connectivity index is 2.16. The quantitative estimate of drug-likeness (QED) is 0.599. The maximum atomic E-state index is 11.8. The predicted octanol–water partition coefficient (Wildman–Crippen LogP) is 1.45. The number of nitrogens with one attached hydrogen (secondary N) is 1. The molecule has 0 aromatic rings. The van der Waals surface area contributed by atoms with Crippen LogP contribution in [-0.2, 0) is 9.53 Å². The first-order chi connectivity index (χ1) is 8.40. The zero-order valence-electron chi connectivity index (χ0n) is 9.66. The largest absolute Gasteiger partial charge is 0.411 e. The smallest absolute Gasteiger partial charge is 0.405 e. The Morgan fingerprint density at radius 2 is 2.06 bits per heavy atom. The van der Waals surface area contributed by atoms with Gasteiger partial charge in [0, 0.05) is 0 Å². The molecular formula is C10H15F3N2O3. The molecule has 0 bridgehead atoms. The molecule has 1 saturated carbocycles. The molecule has 2 N–H and O–H groups in total. The first kappa shape index (κ1) is 14.7. The first-order valence-corrected chi connectivity index (χ1v) is 5.55. The van der Waals surface area contributed by atoms with Gasteiger partial charge in [0.25, 0.3) is 0 Å². The summed E-state index contributed by atoms with van der Waals surface area (Å²) in [6.07, 6.45) is -2.23. The minimum Gasteiger partial charge on any atom is -0.411 e. The van der Waals surface area contributed by atoms with Crippen molar-refractivity contribution in [2.24, 2.45) is 5.16 Å². The van der Waals surface area contributed by atoms with Gasteiger partial charge in [-0.15, -0.1) is 0 Å². The van der Waals surface area contributed by atoms with Crippen molar-refractivity contribution in [2.45, 2.75) is 38.0 Å². The summed E-state index contributed by atoms with van der Waals surface area (Å²) in [5.41, 5.74) is 0.677. The van der Waals surface area contributed by atoms with Gasteiger partial charge in [-0.05, 0) is 25.7 Å². The minimum absolute atomic E-state index is 0.174. The van der Waals surface area contributed by atoms with E-state index in [4.69, 9.17) is 9.94 Å². The molecule has 1 aliphatic rings. The Kier molecular flexibility index (Phi) is 5.39. The van der Waals surface area contributed by atoms with Crippen molar-refractivity contribution >= 4 is 11.6 Å². The van der Waals surface area contributed by atoms with Gasteiger partial charge in [-0.1, -0.05) is 5.16 Å². The average Bonchev–Trinajstić information content (AvgIpc) is 2.33. The van der Waals surface area contributed by atoms with Gasteiger partial charge in [0.15, 0.2) is 0 Å². The molecule has 0 aromatic heterocycles. The van der Waals surface area contributed by atoms with E-state index in [0.717, 1.165) is 0 Å². The van der Waals surface area contributed by atoms with Crippen LogP contribution in [0.4, 0.5) is 13.2 Å². The number of carbonyl (C=O) groups is 1. The second-order valence-corrected chi connectivity index (χ2v) is 4.07. The Bertz CT molecular complexity index is 308. The average molecular weight is 268 g/mol. The van der Waals surface area contributed by atoms with Gasteiger partial charge in [0.2, 0.25) is 5.91 Å². The van der Waals surface area contributed by atoms with Crippen LogP contribution in [0.1, 0.15) is 25.7 Å². The zero-order chi connectivity index (χ0) is 13.6. The maximum Gasteiger partial charge on any atom is 0.405 e. The van der Waals surface area contributed by atoms with Crippen molar-refractivity contribution in [3.63, 3.8) is 0 Å². The molecule has 8 heteroatoms. The van der Waals surface area contributed by atoms with Crippen LogP contribution >= 0.6 is 0 Å². The summed E-state index contributed by atoms with van der Waals surface area (Å²) >= 11 is 0. The normalized spacial score (nSPS) is 20.6. The summed E-state index contributed by atoms with van der Waals surface area (Å²) in [6, 6.07) is 0. The molecule has 0 heterocycles. The number of hydrogen-bond donors (Lipinski definition) is 2. The number of oxime groups is 1. The first-order valence-electron chi connectivity index (χ1n) is 5.55. The lowest BCUT2D eigenvalue weighted by Gasteiger charge is -2.22. The molecule has 0 unspecified atom stereocenters. The Labute approximate surface area is 102 Å². The highest BCUT2D eigenvalue weighted by Gasteiger charge is 2.28. The van der Waals surface area contributed by atoms with Crippen molar-refractivity contribution in [1.82, 2.24) is 5.32 Å². The summed E-state index contributed by atoms with van der Waals surface area (Å²) in [4.78, 5) is 11.1. The summed E-state index contributed by atoms with van der Waals surface area (Å²) in [7, 11) is 0. The van der Waals surface area contributed by atoms with Gasteiger partial charge in [-0.2, -0.15) is 13.2 Å². The number of nitrogens with zero attached hydrogens (tertiary/aromatic N) is 1. The Morgan fingerprint density at radius 3 is 2.56 bits per heavy atom. The number of ether oxygens (including phenoxy) is 1. The van der Waals surface area contributed by atoms with Gasteiger partial charge in [-0.3, -0.25) is 4.79 Å². The van der Waals surface area contributed by atoms with Crippen molar-refractivity contribution in [3.8, 4) is 0 Å². The molecular weight excluding hydrogens is 253 g/mol. The van der Waals surface area contributed by atoms with Gasteiger partial charge in [0.05, 0.1) is 11.8 Å². The molecule has 1 fully saturated rings. The fraction of sp³-hybridized carbons (Fsp3) is 0.800. The van der Waals surface area contributed by atoms with E-state index >= 15 is 0 Å². The second-order valence-electron chi connectivity index (χ2n) is 4.07. The molecule has 0 atom stereocenters. The third-order valence-corrected chi connectivity index (χ3v) is 2.59. The standard InChI is InChI=1S/C10H15F3N2O3/c11-10(12,13)6-14-9(16)5-18-8-3-1-7(15-17)2-4-8/h8,17H,1-6H2,(H,14,16). The van der Waals surface area contributed by atoms with Crippen LogP contribution < -0.4 is 5.32 Å². The van der Waals surface area contributed by atoms with E-state index in [-0.39, 0.29) is 12.7 Å². The molecule has 18 heavy (non-hydrogen) atoms. The lowest BCUT2D eigenvalue weighted by molar-refractivity contribution is -0.142. The SMILES string of the molecule is O=C(COC1CCC(=NO)CC1)NCC(F)(F)F. The molecule has 5 nitrogen and oxygen atoms in total. The van der Waals surface area contributed by atoms with E-state index in [9.17, 15) is 18.0 Å². The number of halogens is 3. The number of rotatable bonds is 4. The lowest BCUT2D eigenvalue weighted by atomic mass is 9.96. The molecule has 0 spiro atoms. The summed E-state index contributed by atoms with van der Waals surface area (Å²) in [5.74, 6) is -0.783. The second kappa shape index (κ2) is 6.58. The lowest BCUT2D eigenvalue weighted by Crippen LogP contribution is -2.37. The third-order valence-electron chi connectivity index (χ3n) is 2.59. The molecule has 0 aliphatic heterocycles. The summed E-state index contributed by atoms with van der Waals surface area (Å²) in [5, 5.41) is 13.3. The van der Waals surface area contributed by atoms with Crippen LogP contribution in [0.2, 0.25) is 0 Å². The molecule has 1 rings (SSSR count). The Morgan fingerprint density at radius 1 is 1.44 bits per heavy atom. The van der Waals surface area contributed by atoms with Crippen molar-refractivity contribution < 1.29 is 27.9 Å². The Hall–Kier alpha value is -1.31.